The fraction of sp³-hybridized carbons (Fsp3) is 0.667. The van der Waals surface area contributed by atoms with Crippen LogP contribution in [0.3, 0.4) is 0 Å². The molecule has 1 saturated heterocycles. The number of rotatable bonds is 8. The van der Waals surface area contributed by atoms with E-state index in [9.17, 15) is 0 Å². The van der Waals surface area contributed by atoms with Gasteiger partial charge >= 0.3 is 0 Å². The third-order valence-electron chi connectivity index (χ3n) is 4.01. The topological polar surface area (TPSA) is 24.5 Å². The molecule has 1 aromatic carbocycles. The Morgan fingerprint density at radius 1 is 1.24 bits per heavy atom. The molecule has 1 N–H and O–H groups in total. The number of likely N-dealkylation sites (tertiary alicyclic amines) is 1. The first-order valence-electron chi connectivity index (χ1n) is 8.45. The molecule has 118 valence electrons. The highest BCUT2D eigenvalue weighted by atomic mass is 16.5. The van der Waals surface area contributed by atoms with Crippen LogP contribution in [0.1, 0.15) is 45.1 Å². The van der Waals surface area contributed by atoms with Crippen LogP contribution in [-0.2, 0) is 6.54 Å². The van der Waals surface area contributed by atoms with Crippen molar-refractivity contribution in [2.24, 2.45) is 0 Å². The van der Waals surface area contributed by atoms with Gasteiger partial charge in [0.2, 0.25) is 0 Å². The van der Waals surface area contributed by atoms with Crippen molar-refractivity contribution >= 4 is 0 Å². The number of piperidine rings is 1. The molecule has 0 aromatic heterocycles. The molecule has 0 amide bonds. The highest BCUT2D eigenvalue weighted by molar-refractivity contribution is 5.28. The molecule has 1 fully saturated rings. The Balaban J connectivity index is 1.73. The molecular weight excluding hydrogens is 260 g/mol. The zero-order valence-electron chi connectivity index (χ0n) is 13.6. The van der Waals surface area contributed by atoms with Gasteiger partial charge in [0.25, 0.3) is 0 Å². The van der Waals surface area contributed by atoms with Crippen molar-refractivity contribution in [2.45, 2.75) is 52.1 Å². The third kappa shape index (κ3) is 6.06. The van der Waals surface area contributed by atoms with Crippen molar-refractivity contribution in [3.63, 3.8) is 0 Å². The van der Waals surface area contributed by atoms with Gasteiger partial charge in [-0.05, 0) is 57.0 Å². The molecule has 0 radical (unpaired) electrons. The minimum atomic E-state index is 0.531. The van der Waals surface area contributed by atoms with E-state index in [1.54, 1.807) is 0 Å². The molecule has 0 unspecified atom stereocenters. The standard InChI is InChI=1S/C18H30N2O/c1-3-12-21-18-9-7-8-17(13-18)14-19-16(2)15-20-10-5-4-6-11-20/h7-9,13,16,19H,3-6,10-12,14-15H2,1-2H3/t16-/m1/s1. The van der Waals surface area contributed by atoms with Gasteiger partial charge in [-0.2, -0.15) is 0 Å². The van der Waals surface area contributed by atoms with Crippen LogP contribution in [-0.4, -0.2) is 37.2 Å². The molecule has 0 spiro atoms. The van der Waals surface area contributed by atoms with Crippen LogP contribution in [0.4, 0.5) is 0 Å². The van der Waals surface area contributed by atoms with Crippen LogP contribution in [0.15, 0.2) is 24.3 Å². The largest absolute Gasteiger partial charge is 0.494 e. The van der Waals surface area contributed by atoms with E-state index in [0.717, 1.165) is 31.9 Å². The van der Waals surface area contributed by atoms with Gasteiger partial charge in [-0.1, -0.05) is 25.5 Å². The Labute approximate surface area is 129 Å². The van der Waals surface area contributed by atoms with Gasteiger partial charge < -0.3 is 15.0 Å². The first kappa shape index (κ1) is 16.3. The molecule has 21 heavy (non-hydrogen) atoms. The van der Waals surface area contributed by atoms with Crippen molar-refractivity contribution in [1.82, 2.24) is 10.2 Å². The van der Waals surface area contributed by atoms with E-state index in [2.05, 4.69) is 42.3 Å². The Hall–Kier alpha value is -1.06. The first-order valence-corrected chi connectivity index (χ1v) is 8.45. The van der Waals surface area contributed by atoms with Gasteiger partial charge in [-0.25, -0.2) is 0 Å². The second kappa shape index (κ2) is 9.06. The molecule has 1 aliphatic rings. The van der Waals surface area contributed by atoms with E-state index < -0.39 is 0 Å². The zero-order valence-corrected chi connectivity index (χ0v) is 13.6. The average Bonchev–Trinajstić information content (AvgIpc) is 2.52. The minimum absolute atomic E-state index is 0.531. The quantitative estimate of drug-likeness (QED) is 0.794. The van der Waals surface area contributed by atoms with Gasteiger partial charge in [0.1, 0.15) is 5.75 Å². The Morgan fingerprint density at radius 2 is 2.05 bits per heavy atom. The fourth-order valence-corrected chi connectivity index (χ4v) is 2.85. The monoisotopic (exact) mass is 290 g/mol. The number of hydrogen-bond acceptors (Lipinski definition) is 3. The molecule has 2 rings (SSSR count). The molecule has 1 aliphatic heterocycles. The smallest absolute Gasteiger partial charge is 0.119 e. The van der Waals surface area contributed by atoms with E-state index in [4.69, 9.17) is 4.74 Å². The molecule has 0 saturated carbocycles. The van der Waals surface area contributed by atoms with Crippen LogP contribution < -0.4 is 10.1 Å². The number of ether oxygens (including phenoxy) is 1. The lowest BCUT2D eigenvalue weighted by Crippen LogP contribution is -2.41. The zero-order chi connectivity index (χ0) is 14.9. The van der Waals surface area contributed by atoms with Gasteiger partial charge in [-0.15, -0.1) is 0 Å². The maximum atomic E-state index is 5.69. The summed E-state index contributed by atoms with van der Waals surface area (Å²) in [6, 6.07) is 8.96. The molecule has 1 atom stereocenters. The van der Waals surface area contributed by atoms with Gasteiger partial charge in [0.15, 0.2) is 0 Å². The van der Waals surface area contributed by atoms with Crippen molar-refractivity contribution in [1.29, 1.82) is 0 Å². The van der Waals surface area contributed by atoms with Crippen LogP contribution in [0.5, 0.6) is 5.75 Å². The fourth-order valence-electron chi connectivity index (χ4n) is 2.85. The predicted octanol–water partition coefficient (Wildman–Crippen LogP) is 3.44. The van der Waals surface area contributed by atoms with Gasteiger partial charge in [0.05, 0.1) is 6.61 Å². The predicted molar refractivity (Wildman–Crippen MR) is 88.8 cm³/mol. The normalized spacial score (nSPS) is 17.6. The summed E-state index contributed by atoms with van der Waals surface area (Å²) in [6.07, 6.45) is 5.19. The number of benzene rings is 1. The van der Waals surface area contributed by atoms with Gasteiger partial charge in [0, 0.05) is 19.1 Å². The first-order chi connectivity index (χ1) is 10.3. The second-order valence-electron chi connectivity index (χ2n) is 6.14. The van der Waals surface area contributed by atoms with E-state index in [1.807, 2.05) is 6.07 Å². The lowest BCUT2D eigenvalue weighted by atomic mass is 10.1. The van der Waals surface area contributed by atoms with E-state index >= 15 is 0 Å². The Kier molecular flexibility index (Phi) is 7.04. The van der Waals surface area contributed by atoms with E-state index in [1.165, 1.54) is 37.9 Å². The summed E-state index contributed by atoms with van der Waals surface area (Å²) in [5.41, 5.74) is 1.30. The maximum absolute atomic E-state index is 5.69. The molecular formula is C18H30N2O. The second-order valence-corrected chi connectivity index (χ2v) is 6.14. The summed E-state index contributed by atoms with van der Waals surface area (Å²) in [7, 11) is 0. The average molecular weight is 290 g/mol. The number of hydrogen-bond donors (Lipinski definition) is 1. The third-order valence-corrected chi connectivity index (χ3v) is 4.01. The van der Waals surface area contributed by atoms with Crippen LogP contribution in [0.2, 0.25) is 0 Å². The summed E-state index contributed by atoms with van der Waals surface area (Å²) in [5, 5.41) is 3.63. The van der Waals surface area contributed by atoms with Crippen LogP contribution in [0.25, 0.3) is 0 Å². The molecule has 3 nitrogen and oxygen atoms in total. The molecule has 3 heteroatoms. The summed E-state index contributed by atoms with van der Waals surface area (Å²) in [6.45, 7) is 9.82. The number of nitrogens with zero attached hydrogens (tertiary/aromatic N) is 1. The molecule has 1 aromatic rings. The Bertz CT molecular complexity index is 402. The lowest BCUT2D eigenvalue weighted by molar-refractivity contribution is 0.209. The Morgan fingerprint density at radius 3 is 2.81 bits per heavy atom. The number of nitrogens with one attached hydrogen (secondary N) is 1. The summed E-state index contributed by atoms with van der Waals surface area (Å²) >= 11 is 0. The van der Waals surface area contributed by atoms with E-state index in [0.29, 0.717) is 6.04 Å². The van der Waals surface area contributed by atoms with Crippen molar-refractivity contribution in [2.75, 3.05) is 26.2 Å². The van der Waals surface area contributed by atoms with Crippen molar-refractivity contribution < 1.29 is 4.74 Å². The molecule has 1 heterocycles. The summed E-state index contributed by atoms with van der Waals surface area (Å²) in [4.78, 5) is 2.59. The van der Waals surface area contributed by atoms with Crippen LogP contribution >= 0.6 is 0 Å². The summed E-state index contributed by atoms with van der Waals surface area (Å²) in [5.74, 6) is 0.986. The molecule has 0 aliphatic carbocycles. The molecule has 0 bridgehead atoms. The maximum Gasteiger partial charge on any atom is 0.119 e. The summed E-state index contributed by atoms with van der Waals surface area (Å²) < 4.78 is 5.69. The SMILES string of the molecule is CCCOc1cccc(CN[C@H](C)CN2CCCCC2)c1. The van der Waals surface area contributed by atoms with Crippen molar-refractivity contribution in [3.05, 3.63) is 29.8 Å². The highest BCUT2D eigenvalue weighted by Crippen LogP contribution is 2.14. The minimum Gasteiger partial charge on any atom is -0.494 e. The van der Waals surface area contributed by atoms with Gasteiger partial charge in [-0.3, -0.25) is 0 Å². The van der Waals surface area contributed by atoms with Crippen molar-refractivity contribution in [3.8, 4) is 5.75 Å². The van der Waals surface area contributed by atoms with Crippen LogP contribution in [0, 0.1) is 0 Å². The lowest BCUT2D eigenvalue weighted by Gasteiger charge is -2.29. The highest BCUT2D eigenvalue weighted by Gasteiger charge is 2.12. The van der Waals surface area contributed by atoms with E-state index in [-0.39, 0.29) is 0 Å².